The average molecular weight is 299 g/mol. The zero-order valence-electron chi connectivity index (χ0n) is 14.8. The topological polar surface area (TPSA) is 12.5 Å². The molecule has 0 saturated carbocycles. The van der Waals surface area contributed by atoms with Crippen molar-refractivity contribution in [3.8, 4) is 0 Å². The van der Waals surface area contributed by atoms with Crippen LogP contribution in [0.15, 0.2) is 35.9 Å². The monoisotopic (exact) mass is 299 g/mol. The third-order valence-corrected chi connectivity index (χ3v) is 5.81. The SMILES string of the molecule is CC1=CC[C@@H]2[C@@H](C)[C@H]1[C@H](c1ccc(N(C)C)cc1)OC2(C)C. The predicted octanol–water partition coefficient (Wildman–Crippen LogP) is 4.82. The molecule has 120 valence electrons. The largest absolute Gasteiger partial charge is 0.378 e. The van der Waals surface area contributed by atoms with Crippen LogP contribution in [-0.4, -0.2) is 19.7 Å². The first-order valence-electron chi connectivity index (χ1n) is 8.43. The van der Waals surface area contributed by atoms with Crippen LogP contribution in [0.5, 0.6) is 0 Å². The number of hydrogen-bond acceptors (Lipinski definition) is 2. The molecule has 0 radical (unpaired) electrons. The van der Waals surface area contributed by atoms with Gasteiger partial charge in [0.1, 0.15) is 0 Å². The fraction of sp³-hybridized carbons (Fsp3) is 0.600. The van der Waals surface area contributed by atoms with Gasteiger partial charge < -0.3 is 9.64 Å². The van der Waals surface area contributed by atoms with E-state index in [1.54, 1.807) is 0 Å². The van der Waals surface area contributed by atoms with E-state index in [0.29, 0.717) is 17.8 Å². The van der Waals surface area contributed by atoms with Crippen molar-refractivity contribution >= 4 is 5.69 Å². The first-order valence-corrected chi connectivity index (χ1v) is 8.43. The van der Waals surface area contributed by atoms with Gasteiger partial charge >= 0.3 is 0 Å². The zero-order valence-corrected chi connectivity index (χ0v) is 14.8. The van der Waals surface area contributed by atoms with Gasteiger partial charge in [0.2, 0.25) is 0 Å². The summed E-state index contributed by atoms with van der Waals surface area (Å²) in [6.45, 7) is 9.22. The number of anilines is 1. The lowest BCUT2D eigenvalue weighted by atomic mass is 9.62. The average Bonchev–Trinajstić information content (AvgIpc) is 2.44. The molecule has 1 aliphatic carbocycles. The minimum Gasteiger partial charge on any atom is -0.378 e. The maximum absolute atomic E-state index is 6.61. The summed E-state index contributed by atoms with van der Waals surface area (Å²) in [5.41, 5.74) is 3.99. The zero-order chi connectivity index (χ0) is 16.1. The van der Waals surface area contributed by atoms with Gasteiger partial charge in [-0.15, -0.1) is 0 Å². The molecule has 1 aromatic carbocycles. The molecule has 1 aliphatic heterocycles. The van der Waals surface area contributed by atoms with E-state index in [1.807, 2.05) is 0 Å². The van der Waals surface area contributed by atoms with Gasteiger partial charge in [-0.1, -0.05) is 30.7 Å². The van der Waals surface area contributed by atoms with Crippen molar-refractivity contribution in [2.45, 2.75) is 45.8 Å². The molecule has 0 aromatic heterocycles. The van der Waals surface area contributed by atoms with Crippen LogP contribution in [0.4, 0.5) is 5.69 Å². The summed E-state index contributed by atoms with van der Waals surface area (Å²) in [6.07, 6.45) is 3.78. The van der Waals surface area contributed by atoms with Gasteiger partial charge in [0.25, 0.3) is 0 Å². The number of nitrogens with zero attached hydrogens (tertiary/aromatic N) is 1. The summed E-state index contributed by atoms with van der Waals surface area (Å²) < 4.78 is 6.61. The highest BCUT2D eigenvalue weighted by atomic mass is 16.5. The molecule has 1 fully saturated rings. The third kappa shape index (κ3) is 2.48. The third-order valence-electron chi connectivity index (χ3n) is 5.81. The number of benzene rings is 1. The van der Waals surface area contributed by atoms with Crippen molar-refractivity contribution < 1.29 is 4.74 Å². The van der Waals surface area contributed by atoms with E-state index in [0.717, 1.165) is 6.42 Å². The highest BCUT2D eigenvalue weighted by molar-refractivity contribution is 5.46. The van der Waals surface area contributed by atoms with Crippen molar-refractivity contribution in [2.24, 2.45) is 17.8 Å². The van der Waals surface area contributed by atoms with Gasteiger partial charge in [-0.2, -0.15) is 0 Å². The molecule has 1 aromatic rings. The van der Waals surface area contributed by atoms with Crippen molar-refractivity contribution in [3.05, 3.63) is 41.5 Å². The number of rotatable bonds is 2. The molecule has 1 saturated heterocycles. The van der Waals surface area contributed by atoms with Crippen molar-refractivity contribution in [1.29, 1.82) is 0 Å². The lowest BCUT2D eigenvalue weighted by Crippen LogP contribution is -2.50. The van der Waals surface area contributed by atoms with Gasteiger partial charge in [0, 0.05) is 25.7 Å². The Morgan fingerprint density at radius 2 is 1.77 bits per heavy atom. The van der Waals surface area contributed by atoms with E-state index in [2.05, 4.69) is 77.0 Å². The van der Waals surface area contributed by atoms with E-state index in [1.165, 1.54) is 16.8 Å². The molecule has 2 heteroatoms. The van der Waals surface area contributed by atoms with Crippen LogP contribution in [0.2, 0.25) is 0 Å². The molecule has 0 spiro atoms. The normalized spacial score (nSPS) is 33.3. The molecular formula is C20H29NO. The summed E-state index contributed by atoms with van der Waals surface area (Å²) >= 11 is 0. The van der Waals surface area contributed by atoms with Crippen LogP contribution in [0.3, 0.4) is 0 Å². The molecule has 2 aliphatic rings. The number of ether oxygens (including phenoxy) is 1. The minimum absolute atomic E-state index is 0.0575. The van der Waals surface area contributed by atoms with Crippen LogP contribution in [0.1, 0.15) is 45.8 Å². The fourth-order valence-electron chi connectivity index (χ4n) is 4.49. The maximum atomic E-state index is 6.61. The first kappa shape index (κ1) is 15.6. The smallest absolute Gasteiger partial charge is 0.0900 e. The van der Waals surface area contributed by atoms with Crippen LogP contribution >= 0.6 is 0 Å². The van der Waals surface area contributed by atoms with Crippen LogP contribution in [0.25, 0.3) is 0 Å². The number of fused-ring (bicyclic) bond motifs is 2. The molecular weight excluding hydrogens is 270 g/mol. The molecule has 3 rings (SSSR count). The van der Waals surface area contributed by atoms with Gasteiger partial charge in [-0.25, -0.2) is 0 Å². The van der Waals surface area contributed by atoms with Crippen molar-refractivity contribution in [3.63, 3.8) is 0 Å². The highest BCUT2D eigenvalue weighted by Gasteiger charge is 2.49. The minimum atomic E-state index is -0.0575. The summed E-state index contributed by atoms with van der Waals surface area (Å²) in [4.78, 5) is 2.14. The van der Waals surface area contributed by atoms with Crippen LogP contribution in [0, 0.1) is 17.8 Å². The van der Waals surface area contributed by atoms with Gasteiger partial charge in [0.05, 0.1) is 11.7 Å². The summed E-state index contributed by atoms with van der Waals surface area (Å²) in [5, 5.41) is 0. The predicted molar refractivity (Wildman–Crippen MR) is 93.2 cm³/mol. The van der Waals surface area contributed by atoms with E-state index in [4.69, 9.17) is 4.74 Å². The van der Waals surface area contributed by atoms with E-state index in [-0.39, 0.29) is 11.7 Å². The van der Waals surface area contributed by atoms with Crippen molar-refractivity contribution in [1.82, 2.24) is 0 Å². The molecule has 0 amide bonds. The fourth-order valence-corrected chi connectivity index (χ4v) is 4.49. The van der Waals surface area contributed by atoms with E-state index in [9.17, 15) is 0 Å². The summed E-state index contributed by atoms with van der Waals surface area (Å²) in [7, 11) is 4.16. The second-order valence-corrected chi connectivity index (χ2v) is 7.80. The highest BCUT2D eigenvalue weighted by Crippen LogP contribution is 2.54. The molecule has 4 atom stereocenters. The molecule has 0 unspecified atom stereocenters. The van der Waals surface area contributed by atoms with Crippen LogP contribution < -0.4 is 4.90 Å². The molecule has 1 heterocycles. The van der Waals surface area contributed by atoms with E-state index < -0.39 is 0 Å². The molecule has 2 nitrogen and oxygen atoms in total. The molecule has 2 bridgehead atoms. The van der Waals surface area contributed by atoms with Gasteiger partial charge in [-0.05, 0) is 56.7 Å². The second kappa shape index (κ2) is 5.42. The van der Waals surface area contributed by atoms with Gasteiger partial charge in [0.15, 0.2) is 0 Å². The maximum Gasteiger partial charge on any atom is 0.0900 e. The first-order chi connectivity index (χ1) is 10.3. The lowest BCUT2D eigenvalue weighted by Gasteiger charge is -2.53. The Kier molecular flexibility index (Phi) is 3.84. The molecule has 22 heavy (non-hydrogen) atoms. The van der Waals surface area contributed by atoms with Gasteiger partial charge in [-0.3, -0.25) is 0 Å². The number of hydrogen-bond donors (Lipinski definition) is 0. The lowest BCUT2D eigenvalue weighted by molar-refractivity contribution is -0.189. The number of allylic oxidation sites excluding steroid dienone is 1. The van der Waals surface area contributed by atoms with Crippen molar-refractivity contribution in [2.75, 3.05) is 19.0 Å². The Hall–Kier alpha value is -1.28. The Balaban J connectivity index is 1.98. The quantitative estimate of drug-likeness (QED) is 0.726. The summed E-state index contributed by atoms with van der Waals surface area (Å²) in [6, 6.07) is 8.88. The van der Waals surface area contributed by atoms with E-state index >= 15 is 0 Å². The van der Waals surface area contributed by atoms with Crippen LogP contribution in [-0.2, 0) is 4.74 Å². The Bertz CT molecular complexity index is 570. The second-order valence-electron chi connectivity index (χ2n) is 7.80. The summed E-state index contributed by atoms with van der Waals surface area (Å²) in [5.74, 6) is 1.81. The Labute approximate surface area is 135 Å². The Morgan fingerprint density at radius 3 is 2.36 bits per heavy atom. The Morgan fingerprint density at radius 1 is 1.14 bits per heavy atom. The standard InChI is InChI=1S/C20H29NO/c1-13-7-12-17-14(2)18(13)19(22-20(17,3)4)15-8-10-16(11-9-15)21(5)6/h7-11,14,17-19H,12H2,1-6H3/t14-,17-,18+,19+/m1/s1. The molecule has 0 N–H and O–H groups in total.